The van der Waals surface area contributed by atoms with Gasteiger partial charge in [-0.15, -0.1) is 0 Å². The van der Waals surface area contributed by atoms with Crippen molar-refractivity contribution >= 4 is 0 Å². The van der Waals surface area contributed by atoms with Gasteiger partial charge in [-0.2, -0.15) is 0 Å². The number of rotatable bonds is 6. The van der Waals surface area contributed by atoms with Gasteiger partial charge in [-0.05, 0) is 29.2 Å². The Labute approximate surface area is 176 Å². The molecule has 0 amide bonds. The summed E-state index contributed by atoms with van der Waals surface area (Å²) in [6, 6.07) is 14.2. The normalized spacial score (nSPS) is 14.6. The summed E-state index contributed by atoms with van der Waals surface area (Å²) in [5, 5.41) is 0. The first-order valence-electron chi connectivity index (χ1n) is 10.6. The Morgan fingerprint density at radius 2 is 1.87 bits per heavy atom. The first-order valence-corrected chi connectivity index (χ1v) is 10.6. The molecule has 0 unspecified atom stereocenters. The smallest absolute Gasteiger partial charge is 0.261 e. The fourth-order valence-electron chi connectivity index (χ4n) is 4.14. The second-order valence-electron chi connectivity index (χ2n) is 8.08. The Morgan fingerprint density at radius 3 is 2.60 bits per heavy atom. The third kappa shape index (κ3) is 4.61. The molecular formula is C25H27FN2O2. The minimum atomic E-state index is -0.489. The average Bonchev–Trinajstić information content (AvgIpc) is 2.78. The van der Waals surface area contributed by atoms with Crippen LogP contribution in [0, 0.1) is 11.7 Å². The summed E-state index contributed by atoms with van der Waals surface area (Å²) < 4.78 is 21.8. The molecule has 156 valence electrons. The van der Waals surface area contributed by atoms with Gasteiger partial charge >= 0.3 is 0 Å². The van der Waals surface area contributed by atoms with Crippen LogP contribution in [0.25, 0.3) is 11.1 Å². The van der Waals surface area contributed by atoms with E-state index >= 15 is 0 Å². The van der Waals surface area contributed by atoms with E-state index in [4.69, 9.17) is 4.74 Å². The van der Waals surface area contributed by atoms with Gasteiger partial charge in [0.25, 0.3) is 5.56 Å². The van der Waals surface area contributed by atoms with E-state index in [0.29, 0.717) is 17.0 Å². The molecule has 1 fully saturated rings. The van der Waals surface area contributed by atoms with Crippen molar-refractivity contribution in [3.05, 3.63) is 82.3 Å². The summed E-state index contributed by atoms with van der Waals surface area (Å²) in [4.78, 5) is 17.5. The highest BCUT2D eigenvalue weighted by Crippen LogP contribution is 2.27. The van der Waals surface area contributed by atoms with Crippen LogP contribution >= 0.6 is 0 Å². The summed E-state index contributed by atoms with van der Waals surface area (Å²) >= 11 is 0. The number of nitrogens with zero attached hydrogens (tertiary/aromatic N) is 2. The van der Waals surface area contributed by atoms with Gasteiger partial charge in [0, 0.05) is 19.7 Å². The number of aromatic nitrogens is 2. The van der Waals surface area contributed by atoms with Crippen molar-refractivity contribution in [2.45, 2.75) is 45.1 Å². The van der Waals surface area contributed by atoms with Crippen LogP contribution in [0.5, 0.6) is 5.75 Å². The molecule has 0 N–H and O–H groups in total. The minimum Gasteiger partial charge on any atom is -0.486 e. The lowest BCUT2D eigenvalue weighted by Gasteiger charge is -2.22. The number of benzene rings is 2. The third-order valence-electron chi connectivity index (χ3n) is 5.94. The number of halogens is 1. The van der Waals surface area contributed by atoms with Crippen LogP contribution in [0.3, 0.4) is 0 Å². The van der Waals surface area contributed by atoms with Crippen molar-refractivity contribution in [1.29, 1.82) is 0 Å². The van der Waals surface area contributed by atoms with Gasteiger partial charge in [0.1, 0.15) is 12.4 Å². The largest absolute Gasteiger partial charge is 0.486 e. The Hall–Kier alpha value is -2.95. The lowest BCUT2D eigenvalue weighted by molar-refractivity contribution is 0.290. The molecule has 5 heteroatoms. The minimum absolute atomic E-state index is 0.145. The van der Waals surface area contributed by atoms with Crippen molar-refractivity contribution in [1.82, 2.24) is 9.55 Å². The molecule has 0 spiro atoms. The highest BCUT2D eigenvalue weighted by atomic mass is 19.1. The third-order valence-corrected chi connectivity index (χ3v) is 5.94. The molecule has 4 nitrogen and oxygen atoms in total. The highest BCUT2D eigenvalue weighted by molar-refractivity contribution is 5.62. The van der Waals surface area contributed by atoms with Crippen molar-refractivity contribution in [2.24, 2.45) is 13.0 Å². The predicted molar refractivity (Wildman–Crippen MR) is 116 cm³/mol. The molecule has 1 aliphatic rings. The summed E-state index contributed by atoms with van der Waals surface area (Å²) in [7, 11) is 1.75. The van der Waals surface area contributed by atoms with Crippen molar-refractivity contribution in [3.63, 3.8) is 0 Å². The quantitative estimate of drug-likeness (QED) is 0.559. The molecule has 4 rings (SSSR count). The molecule has 0 saturated heterocycles. The number of hydrogen-bond acceptors (Lipinski definition) is 3. The van der Waals surface area contributed by atoms with Crippen molar-refractivity contribution in [3.8, 4) is 16.9 Å². The molecule has 0 atom stereocenters. The van der Waals surface area contributed by atoms with Gasteiger partial charge in [-0.25, -0.2) is 9.37 Å². The van der Waals surface area contributed by atoms with Gasteiger partial charge in [0.2, 0.25) is 0 Å². The van der Waals surface area contributed by atoms with Gasteiger partial charge < -0.3 is 4.74 Å². The molecular weight excluding hydrogens is 379 g/mol. The van der Waals surface area contributed by atoms with Crippen LogP contribution in [0.1, 0.15) is 43.5 Å². The lowest BCUT2D eigenvalue weighted by Crippen LogP contribution is -2.25. The van der Waals surface area contributed by atoms with E-state index in [1.165, 1.54) is 38.2 Å². The lowest BCUT2D eigenvalue weighted by atomic mass is 9.87. The molecule has 1 aromatic heterocycles. The Morgan fingerprint density at radius 1 is 1.10 bits per heavy atom. The first kappa shape index (κ1) is 20.3. The van der Waals surface area contributed by atoms with E-state index in [-0.39, 0.29) is 17.9 Å². The fraction of sp³-hybridized carbons (Fsp3) is 0.360. The van der Waals surface area contributed by atoms with Crippen molar-refractivity contribution < 1.29 is 9.13 Å². The molecule has 2 aromatic carbocycles. The van der Waals surface area contributed by atoms with Gasteiger partial charge in [-0.1, -0.05) is 68.5 Å². The number of ether oxygens (including phenoxy) is 1. The SMILES string of the molecule is Cn1c(CC2CCCCC2)ncc(-c2ccc(OCc3ccccc3)c(F)c2)c1=O. The molecule has 1 aliphatic carbocycles. The zero-order valence-corrected chi connectivity index (χ0v) is 17.3. The van der Waals surface area contributed by atoms with Crippen LogP contribution in [0.2, 0.25) is 0 Å². The summed E-state index contributed by atoms with van der Waals surface area (Å²) in [5.41, 5.74) is 1.73. The van der Waals surface area contributed by atoms with Crippen LogP contribution in [-0.4, -0.2) is 9.55 Å². The average molecular weight is 407 g/mol. The van der Waals surface area contributed by atoms with E-state index in [9.17, 15) is 9.18 Å². The Bertz CT molecular complexity index is 1060. The van der Waals surface area contributed by atoms with E-state index in [2.05, 4.69) is 4.98 Å². The van der Waals surface area contributed by atoms with E-state index in [0.717, 1.165) is 17.8 Å². The van der Waals surface area contributed by atoms with Crippen LogP contribution in [0.4, 0.5) is 4.39 Å². The number of hydrogen-bond donors (Lipinski definition) is 0. The second-order valence-corrected chi connectivity index (χ2v) is 8.08. The second kappa shape index (κ2) is 9.24. The molecule has 0 aliphatic heterocycles. The van der Waals surface area contributed by atoms with E-state index < -0.39 is 5.82 Å². The van der Waals surface area contributed by atoms with E-state index in [1.807, 2.05) is 30.3 Å². The van der Waals surface area contributed by atoms with Gasteiger partial charge in [0.15, 0.2) is 11.6 Å². The molecule has 0 bridgehead atoms. The zero-order chi connectivity index (χ0) is 20.9. The first-order chi connectivity index (χ1) is 14.6. The standard InChI is InChI=1S/C25H27FN2O2/c1-28-24(14-18-8-4-2-5-9-18)27-16-21(25(28)29)20-12-13-23(22(26)15-20)30-17-19-10-6-3-7-11-19/h3,6-7,10-13,15-16,18H,2,4-5,8-9,14,17H2,1H3. The highest BCUT2D eigenvalue weighted by Gasteiger charge is 2.18. The zero-order valence-electron chi connectivity index (χ0n) is 17.3. The predicted octanol–water partition coefficient (Wildman–Crippen LogP) is 5.29. The van der Waals surface area contributed by atoms with Crippen LogP contribution in [0.15, 0.2) is 59.5 Å². The molecule has 0 radical (unpaired) electrons. The summed E-state index contributed by atoms with van der Waals surface area (Å²) in [6.07, 6.45) is 8.63. The maximum absolute atomic E-state index is 14.6. The van der Waals surface area contributed by atoms with Crippen LogP contribution in [-0.2, 0) is 20.1 Å². The molecule has 3 aromatic rings. The summed E-state index contributed by atoms with van der Waals surface area (Å²) in [5.74, 6) is 1.08. The topological polar surface area (TPSA) is 44.1 Å². The van der Waals surface area contributed by atoms with Crippen LogP contribution < -0.4 is 10.3 Å². The monoisotopic (exact) mass is 406 g/mol. The summed E-state index contributed by atoms with van der Waals surface area (Å²) in [6.45, 7) is 0.288. The molecule has 1 saturated carbocycles. The Balaban J connectivity index is 1.51. The maximum Gasteiger partial charge on any atom is 0.261 e. The Kier molecular flexibility index (Phi) is 6.26. The van der Waals surface area contributed by atoms with Gasteiger partial charge in [-0.3, -0.25) is 9.36 Å². The van der Waals surface area contributed by atoms with Gasteiger partial charge in [0.05, 0.1) is 5.56 Å². The van der Waals surface area contributed by atoms with Crippen molar-refractivity contribution in [2.75, 3.05) is 0 Å². The molecule has 1 heterocycles. The van der Waals surface area contributed by atoms with E-state index in [1.54, 1.807) is 29.9 Å². The fourth-order valence-corrected chi connectivity index (χ4v) is 4.14. The maximum atomic E-state index is 14.6. The molecule has 30 heavy (non-hydrogen) atoms.